The van der Waals surface area contributed by atoms with Gasteiger partial charge < -0.3 is 19.7 Å². The molecule has 1 aliphatic rings. The Hall–Kier alpha value is -3.80. The molecule has 4 rings (SSSR count). The number of ether oxygens (including phenoxy) is 2. The van der Waals surface area contributed by atoms with Gasteiger partial charge >= 0.3 is 0 Å². The van der Waals surface area contributed by atoms with Crippen molar-refractivity contribution in [2.45, 2.75) is 25.3 Å². The molecule has 1 N–H and O–H groups in total. The van der Waals surface area contributed by atoms with E-state index >= 15 is 0 Å². The SMILES string of the molecule is COc1ccc(CC(=O)NC2CCN(C(=O)c3ccc(-c4ccccc4OC)cc3)CC2)cc1. The third kappa shape index (κ3) is 5.57. The van der Waals surface area contributed by atoms with E-state index in [2.05, 4.69) is 5.32 Å². The lowest BCUT2D eigenvalue weighted by atomic mass is 10.0. The molecule has 3 aromatic rings. The van der Waals surface area contributed by atoms with Crippen LogP contribution in [0, 0.1) is 0 Å². The molecule has 0 aromatic heterocycles. The molecule has 0 atom stereocenters. The molecule has 176 valence electrons. The number of para-hydroxylation sites is 1. The van der Waals surface area contributed by atoms with Gasteiger partial charge in [0.15, 0.2) is 0 Å². The zero-order valence-electron chi connectivity index (χ0n) is 19.6. The van der Waals surface area contributed by atoms with Gasteiger partial charge in [0.1, 0.15) is 11.5 Å². The van der Waals surface area contributed by atoms with Gasteiger partial charge in [0.05, 0.1) is 20.6 Å². The summed E-state index contributed by atoms with van der Waals surface area (Å²) in [4.78, 5) is 27.3. The predicted octanol–water partition coefficient (Wildman–Crippen LogP) is 4.33. The number of nitrogens with one attached hydrogen (secondary N) is 1. The van der Waals surface area contributed by atoms with Crippen molar-refractivity contribution in [2.75, 3.05) is 27.3 Å². The minimum atomic E-state index is 0.00173. The normalized spacial score (nSPS) is 13.9. The van der Waals surface area contributed by atoms with Crippen LogP contribution in [0.4, 0.5) is 0 Å². The van der Waals surface area contributed by atoms with Crippen molar-refractivity contribution in [3.8, 4) is 22.6 Å². The molecule has 0 bridgehead atoms. The lowest BCUT2D eigenvalue weighted by Gasteiger charge is -2.32. The van der Waals surface area contributed by atoms with Crippen LogP contribution in [0.2, 0.25) is 0 Å². The van der Waals surface area contributed by atoms with E-state index in [-0.39, 0.29) is 17.9 Å². The number of carbonyl (C=O) groups is 2. The smallest absolute Gasteiger partial charge is 0.253 e. The van der Waals surface area contributed by atoms with Crippen LogP contribution >= 0.6 is 0 Å². The van der Waals surface area contributed by atoms with Crippen molar-refractivity contribution >= 4 is 11.8 Å². The van der Waals surface area contributed by atoms with E-state index in [1.807, 2.05) is 77.7 Å². The molecule has 1 fully saturated rings. The van der Waals surface area contributed by atoms with Crippen molar-refractivity contribution in [1.29, 1.82) is 0 Å². The molecule has 6 heteroatoms. The van der Waals surface area contributed by atoms with Crippen LogP contribution in [0.15, 0.2) is 72.8 Å². The average molecular weight is 459 g/mol. The molecule has 0 spiro atoms. The summed E-state index contributed by atoms with van der Waals surface area (Å²) < 4.78 is 10.6. The predicted molar refractivity (Wildman–Crippen MR) is 132 cm³/mol. The first-order valence-corrected chi connectivity index (χ1v) is 11.5. The summed E-state index contributed by atoms with van der Waals surface area (Å²) in [6, 6.07) is 23.1. The fourth-order valence-corrected chi connectivity index (χ4v) is 4.29. The molecule has 6 nitrogen and oxygen atoms in total. The summed E-state index contributed by atoms with van der Waals surface area (Å²) >= 11 is 0. The molecule has 2 amide bonds. The molecular formula is C28H30N2O4. The highest BCUT2D eigenvalue weighted by Crippen LogP contribution is 2.29. The highest BCUT2D eigenvalue weighted by Gasteiger charge is 2.24. The maximum atomic E-state index is 13.0. The van der Waals surface area contributed by atoms with Gasteiger partial charge in [-0.3, -0.25) is 9.59 Å². The van der Waals surface area contributed by atoms with Gasteiger partial charge in [-0.2, -0.15) is 0 Å². The lowest BCUT2D eigenvalue weighted by molar-refractivity contribution is -0.121. The number of carbonyl (C=O) groups excluding carboxylic acids is 2. The summed E-state index contributed by atoms with van der Waals surface area (Å²) in [5, 5.41) is 3.11. The maximum Gasteiger partial charge on any atom is 0.253 e. The molecule has 34 heavy (non-hydrogen) atoms. The molecule has 0 radical (unpaired) electrons. The average Bonchev–Trinajstić information content (AvgIpc) is 2.89. The summed E-state index contributed by atoms with van der Waals surface area (Å²) in [5.74, 6) is 1.60. The Balaban J connectivity index is 1.29. The molecular weight excluding hydrogens is 428 g/mol. The summed E-state index contributed by atoms with van der Waals surface area (Å²) in [6.45, 7) is 1.25. The van der Waals surface area contributed by atoms with Crippen molar-refractivity contribution in [1.82, 2.24) is 10.2 Å². The van der Waals surface area contributed by atoms with Gasteiger partial charge in [-0.05, 0) is 54.3 Å². The fraction of sp³-hybridized carbons (Fsp3) is 0.286. The Bertz CT molecular complexity index is 1120. The highest BCUT2D eigenvalue weighted by molar-refractivity contribution is 5.95. The molecule has 0 unspecified atom stereocenters. The molecule has 1 aliphatic heterocycles. The van der Waals surface area contributed by atoms with Gasteiger partial charge in [0.2, 0.25) is 5.91 Å². The Morgan fingerprint density at radius 2 is 1.56 bits per heavy atom. The standard InChI is InChI=1S/C28H30N2O4/c1-33-24-13-7-20(8-14-24)19-27(31)29-23-15-17-30(18-16-23)28(32)22-11-9-21(10-12-22)25-5-3-4-6-26(25)34-2/h3-14,23H,15-19H2,1-2H3,(H,29,31). The summed E-state index contributed by atoms with van der Waals surface area (Å²) in [6.07, 6.45) is 1.83. The second kappa shape index (κ2) is 10.9. The first-order valence-electron chi connectivity index (χ1n) is 11.5. The molecule has 1 saturated heterocycles. The minimum Gasteiger partial charge on any atom is -0.497 e. The number of benzene rings is 3. The second-order valence-electron chi connectivity index (χ2n) is 8.44. The molecule has 0 saturated carbocycles. The van der Waals surface area contributed by atoms with Gasteiger partial charge in [-0.15, -0.1) is 0 Å². The maximum absolute atomic E-state index is 13.0. The molecule has 1 heterocycles. The quantitative estimate of drug-likeness (QED) is 0.572. The third-order valence-electron chi connectivity index (χ3n) is 6.22. The van der Waals surface area contributed by atoms with Crippen LogP contribution in [-0.4, -0.2) is 50.1 Å². The minimum absolute atomic E-state index is 0.00173. The van der Waals surface area contributed by atoms with Gasteiger partial charge in [-0.1, -0.05) is 42.5 Å². The highest BCUT2D eigenvalue weighted by atomic mass is 16.5. The number of piperidine rings is 1. The number of methoxy groups -OCH3 is 2. The van der Waals surface area contributed by atoms with Crippen molar-refractivity contribution in [3.63, 3.8) is 0 Å². The Morgan fingerprint density at radius 1 is 0.882 bits per heavy atom. The number of hydrogen-bond acceptors (Lipinski definition) is 4. The van der Waals surface area contributed by atoms with Crippen molar-refractivity contribution < 1.29 is 19.1 Å². The zero-order valence-corrected chi connectivity index (χ0v) is 19.6. The van der Waals surface area contributed by atoms with E-state index < -0.39 is 0 Å². The summed E-state index contributed by atoms with van der Waals surface area (Å²) in [7, 11) is 3.28. The van der Waals surface area contributed by atoms with Crippen LogP contribution in [0.5, 0.6) is 11.5 Å². The molecule has 3 aromatic carbocycles. The Labute approximate surface area is 200 Å². The number of likely N-dealkylation sites (tertiary alicyclic amines) is 1. The number of nitrogens with zero attached hydrogens (tertiary/aromatic N) is 1. The van der Waals surface area contributed by atoms with Crippen molar-refractivity contribution in [2.24, 2.45) is 0 Å². The van der Waals surface area contributed by atoms with E-state index in [9.17, 15) is 9.59 Å². The first-order chi connectivity index (χ1) is 16.6. The largest absolute Gasteiger partial charge is 0.497 e. The topological polar surface area (TPSA) is 67.9 Å². The number of rotatable bonds is 7. The van der Waals surface area contributed by atoms with Crippen molar-refractivity contribution in [3.05, 3.63) is 83.9 Å². The van der Waals surface area contributed by atoms with Gasteiger partial charge in [-0.25, -0.2) is 0 Å². The second-order valence-corrected chi connectivity index (χ2v) is 8.44. The summed E-state index contributed by atoms with van der Waals surface area (Å²) in [5.41, 5.74) is 3.62. The number of hydrogen-bond donors (Lipinski definition) is 1. The van der Waals surface area contributed by atoms with Crippen LogP contribution in [0.1, 0.15) is 28.8 Å². The van der Waals surface area contributed by atoms with Gasteiger partial charge in [0.25, 0.3) is 5.91 Å². The number of amides is 2. The third-order valence-corrected chi connectivity index (χ3v) is 6.22. The van der Waals surface area contributed by atoms with E-state index in [4.69, 9.17) is 9.47 Å². The van der Waals surface area contributed by atoms with Crippen LogP contribution in [0.25, 0.3) is 11.1 Å². The van der Waals surface area contributed by atoms with E-state index in [1.54, 1.807) is 14.2 Å². The van der Waals surface area contributed by atoms with Gasteiger partial charge in [0, 0.05) is 30.3 Å². The van der Waals surface area contributed by atoms with Crippen LogP contribution in [0.3, 0.4) is 0 Å². The molecule has 0 aliphatic carbocycles. The monoisotopic (exact) mass is 458 g/mol. The van der Waals surface area contributed by atoms with Crippen LogP contribution in [-0.2, 0) is 11.2 Å². The fourth-order valence-electron chi connectivity index (χ4n) is 4.29. The zero-order chi connectivity index (χ0) is 23.9. The first kappa shape index (κ1) is 23.4. The Morgan fingerprint density at radius 3 is 2.21 bits per heavy atom. The van der Waals surface area contributed by atoms with E-state index in [0.717, 1.165) is 41.0 Å². The van der Waals surface area contributed by atoms with E-state index in [0.29, 0.717) is 25.1 Å². The Kier molecular flexibility index (Phi) is 7.48. The van der Waals surface area contributed by atoms with Crippen LogP contribution < -0.4 is 14.8 Å². The lowest BCUT2D eigenvalue weighted by Crippen LogP contribution is -2.46. The van der Waals surface area contributed by atoms with E-state index in [1.165, 1.54) is 0 Å².